The molecule has 0 radical (unpaired) electrons. The smallest absolute Gasteiger partial charge is 0.255 e. The first-order valence-electron chi connectivity index (χ1n) is 10.0. The van der Waals surface area contributed by atoms with E-state index in [2.05, 4.69) is 50.0 Å². The summed E-state index contributed by atoms with van der Waals surface area (Å²) >= 11 is 0. The topological polar surface area (TPSA) is 32.3 Å². The predicted molar refractivity (Wildman–Crippen MR) is 113 cm³/mol. The van der Waals surface area contributed by atoms with Crippen LogP contribution in [0.1, 0.15) is 62.0 Å². The Kier molecular flexibility index (Phi) is 6.01. The Balaban J connectivity index is 1.57. The van der Waals surface area contributed by atoms with Crippen LogP contribution in [0.25, 0.3) is 0 Å². The normalized spacial score (nSPS) is 16.3. The van der Waals surface area contributed by atoms with E-state index in [0.29, 0.717) is 5.56 Å². The molecule has 0 atom stereocenters. The molecular formula is C24H32N2O. The first kappa shape index (κ1) is 19.6. The van der Waals surface area contributed by atoms with Crippen LogP contribution < -0.4 is 5.32 Å². The molecule has 0 unspecified atom stereocenters. The summed E-state index contributed by atoms with van der Waals surface area (Å²) in [6.45, 7) is 12.2. The van der Waals surface area contributed by atoms with Crippen LogP contribution in [0.5, 0.6) is 0 Å². The summed E-state index contributed by atoms with van der Waals surface area (Å²) in [4.78, 5) is 15.0. The fourth-order valence-corrected chi connectivity index (χ4v) is 3.50. The molecule has 0 spiro atoms. The van der Waals surface area contributed by atoms with Crippen LogP contribution in [0.2, 0.25) is 0 Å². The van der Waals surface area contributed by atoms with Crippen molar-refractivity contribution in [3.8, 4) is 0 Å². The third-order valence-electron chi connectivity index (χ3n) is 5.51. The molecule has 1 saturated heterocycles. The second kappa shape index (κ2) is 8.26. The van der Waals surface area contributed by atoms with Crippen molar-refractivity contribution in [1.82, 2.24) is 4.90 Å². The third-order valence-corrected chi connectivity index (χ3v) is 5.51. The minimum atomic E-state index is -0.0618. The summed E-state index contributed by atoms with van der Waals surface area (Å²) < 4.78 is 0. The lowest BCUT2D eigenvalue weighted by atomic mass is 9.87. The summed E-state index contributed by atoms with van der Waals surface area (Å²) in [6.07, 6.45) is 2.59. The molecule has 0 aliphatic carbocycles. The van der Waals surface area contributed by atoms with Crippen LogP contribution in [0.3, 0.4) is 0 Å². The molecule has 0 bridgehead atoms. The summed E-state index contributed by atoms with van der Waals surface area (Å²) in [5, 5.41) is 3.00. The number of amides is 1. The monoisotopic (exact) mass is 364 g/mol. The zero-order chi connectivity index (χ0) is 19.4. The number of nitrogens with one attached hydrogen (secondary N) is 1. The van der Waals surface area contributed by atoms with Gasteiger partial charge in [-0.3, -0.25) is 9.69 Å². The van der Waals surface area contributed by atoms with Crippen LogP contribution in [-0.2, 0) is 12.0 Å². The Labute approximate surface area is 163 Å². The van der Waals surface area contributed by atoms with Gasteiger partial charge < -0.3 is 5.32 Å². The molecular weight excluding hydrogens is 332 g/mol. The van der Waals surface area contributed by atoms with Crippen molar-refractivity contribution in [3.63, 3.8) is 0 Å². The maximum Gasteiger partial charge on any atom is 0.255 e. The van der Waals surface area contributed by atoms with Crippen LogP contribution in [0.4, 0.5) is 5.69 Å². The van der Waals surface area contributed by atoms with Gasteiger partial charge in [0.2, 0.25) is 0 Å². The van der Waals surface area contributed by atoms with Crippen molar-refractivity contribution in [2.24, 2.45) is 5.92 Å². The van der Waals surface area contributed by atoms with Crippen molar-refractivity contribution < 1.29 is 4.79 Å². The average Bonchev–Trinajstić information content (AvgIpc) is 2.64. The molecule has 1 fully saturated rings. The fraction of sp³-hybridized carbons (Fsp3) is 0.458. The summed E-state index contributed by atoms with van der Waals surface area (Å²) in [5.41, 5.74) is 4.16. The van der Waals surface area contributed by atoms with Crippen molar-refractivity contribution in [1.29, 1.82) is 0 Å². The quantitative estimate of drug-likeness (QED) is 0.780. The number of hydrogen-bond donors (Lipinski definition) is 1. The molecule has 1 aliphatic heterocycles. The Bertz CT molecular complexity index is 748. The number of nitrogens with zero attached hydrogens (tertiary/aromatic N) is 1. The highest BCUT2D eigenvalue weighted by Crippen LogP contribution is 2.23. The van der Waals surface area contributed by atoms with Gasteiger partial charge in [-0.2, -0.15) is 0 Å². The molecule has 1 amide bonds. The van der Waals surface area contributed by atoms with Gasteiger partial charge in [0.1, 0.15) is 0 Å². The number of benzene rings is 2. The van der Waals surface area contributed by atoms with Gasteiger partial charge in [0, 0.05) is 17.8 Å². The van der Waals surface area contributed by atoms with Crippen molar-refractivity contribution in [2.45, 2.75) is 52.5 Å². The van der Waals surface area contributed by atoms with E-state index in [1.54, 1.807) is 0 Å². The highest BCUT2D eigenvalue weighted by molar-refractivity contribution is 6.04. The van der Waals surface area contributed by atoms with E-state index in [1.165, 1.54) is 37.1 Å². The van der Waals surface area contributed by atoms with E-state index < -0.39 is 0 Å². The van der Waals surface area contributed by atoms with Gasteiger partial charge in [-0.1, -0.05) is 52.0 Å². The van der Waals surface area contributed by atoms with Gasteiger partial charge in [0.15, 0.2) is 0 Å². The molecule has 2 aromatic carbocycles. The average molecular weight is 365 g/mol. The minimum absolute atomic E-state index is 0.0618. The SMILES string of the molecule is CC1CCN(Cc2ccc(NC(=O)c3ccc(C(C)(C)C)cc3)cc2)CC1. The van der Waals surface area contributed by atoms with E-state index >= 15 is 0 Å². The molecule has 2 aromatic rings. The number of piperidine rings is 1. The molecule has 0 saturated carbocycles. The number of likely N-dealkylation sites (tertiary alicyclic amines) is 1. The van der Waals surface area contributed by atoms with Gasteiger partial charge in [0.25, 0.3) is 5.91 Å². The molecule has 1 aliphatic rings. The fourth-order valence-electron chi connectivity index (χ4n) is 3.50. The first-order chi connectivity index (χ1) is 12.8. The summed E-state index contributed by atoms with van der Waals surface area (Å²) in [6, 6.07) is 16.1. The van der Waals surface area contributed by atoms with Gasteiger partial charge in [-0.25, -0.2) is 0 Å². The summed E-state index contributed by atoms with van der Waals surface area (Å²) in [7, 11) is 0. The van der Waals surface area contributed by atoms with E-state index in [4.69, 9.17) is 0 Å². The Morgan fingerprint density at radius 1 is 1.00 bits per heavy atom. The maximum absolute atomic E-state index is 12.5. The van der Waals surface area contributed by atoms with Gasteiger partial charge >= 0.3 is 0 Å². The first-order valence-corrected chi connectivity index (χ1v) is 10.0. The van der Waals surface area contributed by atoms with Gasteiger partial charge in [-0.15, -0.1) is 0 Å². The lowest BCUT2D eigenvalue weighted by molar-refractivity contribution is 0.102. The molecule has 3 nitrogen and oxygen atoms in total. The molecule has 1 N–H and O–H groups in total. The van der Waals surface area contributed by atoms with E-state index in [9.17, 15) is 4.79 Å². The molecule has 3 heteroatoms. The van der Waals surface area contributed by atoms with Gasteiger partial charge in [0.05, 0.1) is 0 Å². The maximum atomic E-state index is 12.5. The van der Waals surface area contributed by atoms with Gasteiger partial charge in [-0.05, 0) is 72.7 Å². The van der Waals surface area contributed by atoms with Crippen molar-refractivity contribution in [2.75, 3.05) is 18.4 Å². The van der Waals surface area contributed by atoms with Crippen molar-refractivity contribution >= 4 is 11.6 Å². The molecule has 0 aromatic heterocycles. The number of anilines is 1. The Morgan fingerprint density at radius 3 is 2.15 bits per heavy atom. The molecule has 3 rings (SSSR count). The number of hydrogen-bond acceptors (Lipinski definition) is 2. The van der Waals surface area contributed by atoms with Crippen LogP contribution in [-0.4, -0.2) is 23.9 Å². The highest BCUT2D eigenvalue weighted by atomic mass is 16.1. The Hall–Kier alpha value is -2.13. The number of carbonyl (C=O) groups excluding carboxylic acids is 1. The molecule has 27 heavy (non-hydrogen) atoms. The van der Waals surface area contributed by atoms with Crippen LogP contribution >= 0.6 is 0 Å². The zero-order valence-electron chi connectivity index (χ0n) is 17.1. The predicted octanol–water partition coefficient (Wildman–Crippen LogP) is 5.47. The Morgan fingerprint density at radius 2 is 1.59 bits per heavy atom. The lowest BCUT2D eigenvalue weighted by Gasteiger charge is -2.30. The number of rotatable bonds is 4. The van der Waals surface area contributed by atoms with Crippen LogP contribution in [0, 0.1) is 5.92 Å². The largest absolute Gasteiger partial charge is 0.322 e. The van der Waals surface area contributed by atoms with E-state index in [-0.39, 0.29) is 11.3 Å². The zero-order valence-corrected chi connectivity index (χ0v) is 17.1. The minimum Gasteiger partial charge on any atom is -0.322 e. The second-order valence-electron chi connectivity index (χ2n) is 8.94. The third kappa shape index (κ3) is 5.43. The number of carbonyl (C=O) groups is 1. The van der Waals surface area contributed by atoms with E-state index in [1.807, 2.05) is 36.4 Å². The summed E-state index contributed by atoms with van der Waals surface area (Å²) in [5.74, 6) is 0.796. The lowest BCUT2D eigenvalue weighted by Crippen LogP contribution is -2.32. The molecule has 1 heterocycles. The highest BCUT2D eigenvalue weighted by Gasteiger charge is 2.16. The second-order valence-corrected chi connectivity index (χ2v) is 8.94. The molecule has 144 valence electrons. The van der Waals surface area contributed by atoms with Crippen molar-refractivity contribution in [3.05, 3.63) is 65.2 Å². The standard InChI is InChI=1S/C24H32N2O/c1-18-13-15-26(16-14-18)17-19-5-11-22(12-6-19)25-23(27)20-7-9-21(10-8-20)24(2,3)4/h5-12,18H,13-17H2,1-4H3,(H,25,27). The van der Waals surface area contributed by atoms with Crippen LogP contribution in [0.15, 0.2) is 48.5 Å². The van der Waals surface area contributed by atoms with E-state index in [0.717, 1.165) is 18.2 Å².